The number of fused-ring (bicyclic) bond motifs is 1. The quantitative estimate of drug-likeness (QED) is 0.103. The zero-order valence-electron chi connectivity index (χ0n) is 38.4. The predicted molar refractivity (Wildman–Crippen MR) is 276 cm³/mol. The number of nitrogens with zero attached hydrogens (tertiary/aromatic N) is 1. The van der Waals surface area contributed by atoms with Gasteiger partial charge in [0.05, 0.1) is 0 Å². The molecule has 3 aromatic rings. The molecule has 1 aliphatic carbocycles. The minimum atomic E-state index is 0.780. The van der Waals surface area contributed by atoms with Crippen LogP contribution in [0.25, 0.3) is 22.8 Å². The Bertz CT molecular complexity index is 2450. The van der Waals surface area contributed by atoms with E-state index in [4.69, 9.17) is 0 Å². The van der Waals surface area contributed by atoms with Crippen LogP contribution in [0.3, 0.4) is 0 Å². The number of hydrogen-bond acceptors (Lipinski definition) is 1. The molecule has 0 fully saturated rings. The summed E-state index contributed by atoms with van der Waals surface area (Å²) in [5.41, 5.74) is 17.3. The smallest absolute Gasteiger partial charge is 0.0415 e. The third-order valence-corrected chi connectivity index (χ3v) is 10.7. The van der Waals surface area contributed by atoms with Gasteiger partial charge in [-0.15, -0.1) is 0 Å². The highest BCUT2D eigenvalue weighted by molar-refractivity contribution is 5.80. The Morgan fingerprint density at radius 1 is 0.758 bits per heavy atom. The predicted octanol–water partition coefficient (Wildman–Crippen LogP) is 17.2. The van der Waals surface area contributed by atoms with Crippen molar-refractivity contribution in [1.29, 1.82) is 0 Å². The van der Waals surface area contributed by atoms with E-state index in [1.807, 2.05) is 6.08 Å². The second kappa shape index (κ2) is 25.8. The maximum atomic E-state index is 4.59. The van der Waals surface area contributed by atoms with E-state index >= 15 is 0 Å². The highest BCUT2D eigenvalue weighted by Crippen LogP contribution is 2.30. The van der Waals surface area contributed by atoms with E-state index in [2.05, 4.69) is 255 Å². The average molecular weight is 814 g/mol. The summed E-state index contributed by atoms with van der Waals surface area (Å²) >= 11 is 0. The molecule has 0 spiro atoms. The lowest BCUT2D eigenvalue weighted by molar-refractivity contribution is 0.559. The van der Waals surface area contributed by atoms with Crippen molar-refractivity contribution in [2.24, 2.45) is 0 Å². The molecule has 0 amide bonds. The Hall–Kier alpha value is -6.70. The monoisotopic (exact) mass is 814 g/mol. The molecule has 62 heavy (non-hydrogen) atoms. The van der Waals surface area contributed by atoms with Crippen LogP contribution in [0.1, 0.15) is 82.2 Å². The first-order chi connectivity index (χ1) is 30.1. The summed E-state index contributed by atoms with van der Waals surface area (Å²) < 4.78 is 0. The molecule has 1 nitrogen and oxygen atoms in total. The van der Waals surface area contributed by atoms with Gasteiger partial charge >= 0.3 is 0 Å². The van der Waals surface area contributed by atoms with Gasteiger partial charge in [-0.2, -0.15) is 0 Å². The van der Waals surface area contributed by atoms with Crippen molar-refractivity contribution in [1.82, 2.24) is 4.90 Å². The molecule has 0 N–H and O–H groups in total. The summed E-state index contributed by atoms with van der Waals surface area (Å²) in [6, 6.07) is 24.2. The van der Waals surface area contributed by atoms with Crippen LogP contribution >= 0.6 is 0 Å². The first kappa shape index (κ1) is 48.0. The minimum absolute atomic E-state index is 0.780. The number of benzene rings is 3. The second-order valence-electron chi connectivity index (χ2n) is 15.3. The van der Waals surface area contributed by atoms with Crippen LogP contribution in [-0.2, 0) is 12.8 Å². The highest BCUT2D eigenvalue weighted by Gasteiger charge is 2.13. The van der Waals surface area contributed by atoms with Crippen molar-refractivity contribution >= 4 is 11.6 Å². The molecule has 4 rings (SSSR count). The van der Waals surface area contributed by atoms with Crippen LogP contribution in [0, 0.1) is 6.92 Å². The Kier molecular flexibility index (Phi) is 20.0. The fraction of sp³-hybridized carbons (Fsp3) is 0.180. The largest absolute Gasteiger partial charge is 0.316 e. The van der Waals surface area contributed by atoms with Crippen molar-refractivity contribution in [3.63, 3.8) is 0 Å². The molecule has 0 bridgehead atoms. The summed E-state index contributed by atoms with van der Waals surface area (Å²) in [5, 5.41) is 0. The fourth-order valence-corrected chi connectivity index (χ4v) is 7.15. The van der Waals surface area contributed by atoms with E-state index in [9.17, 15) is 0 Å². The van der Waals surface area contributed by atoms with E-state index in [-0.39, 0.29) is 0 Å². The van der Waals surface area contributed by atoms with Crippen molar-refractivity contribution in [3.8, 4) is 11.1 Å². The van der Waals surface area contributed by atoms with Gasteiger partial charge < -0.3 is 4.90 Å². The minimum Gasteiger partial charge on any atom is -0.316 e. The molecular weight excluding hydrogens is 747 g/mol. The Balaban J connectivity index is 1.61. The molecule has 316 valence electrons. The fourth-order valence-electron chi connectivity index (χ4n) is 7.15. The molecule has 3 aromatic carbocycles. The van der Waals surface area contributed by atoms with Gasteiger partial charge in [-0.1, -0.05) is 208 Å². The molecule has 0 unspecified atom stereocenters. The summed E-state index contributed by atoms with van der Waals surface area (Å²) in [4.78, 5) is 2.21. The van der Waals surface area contributed by atoms with E-state index in [1.54, 1.807) is 6.08 Å². The lowest BCUT2D eigenvalue weighted by atomic mass is 9.92. The van der Waals surface area contributed by atoms with Crippen molar-refractivity contribution < 1.29 is 0 Å². The van der Waals surface area contributed by atoms with E-state index < -0.39 is 0 Å². The van der Waals surface area contributed by atoms with Crippen LogP contribution in [0.4, 0.5) is 0 Å². The second-order valence-corrected chi connectivity index (χ2v) is 15.3. The van der Waals surface area contributed by atoms with Gasteiger partial charge in [0.1, 0.15) is 0 Å². The maximum Gasteiger partial charge on any atom is 0.0415 e. The van der Waals surface area contributed by atoms with Gasteiger partial charge in [-0.05, 0) is 147 Å². The maximum absolute atomic E-state index is 4.59. The molecule has 1 heteroatoms. The van der Waals surface area contributed by atoms with E-state index in [0.717, 1.165) is 65.1 Å². The Morgan fingerprint density at radius 3 is 2.27 bits per heavy atom. The zero-order valence-corrected chi connectivity index (χ0v) is 38.4. The van der Waals surface area contributed by atoms with Crippen LogP contribution in [0.15, 0.2) is 247 Å². The molecule has 0 aliphatic heterocycles. The van der Waals surface area contributed by atoms with Gasteiger partial charge in [-0.25, -0.2) is 0 Å². The van der Waals surface area contributed by atoms with Gasteiger partial charge in [0.25, 0.3) is 0 Å². The topological polar surface area (TPSA) is 3.24 Å². The lowest BCUT2D eigenvalue weighted by Crippen LogP contribution is -2.18. The van der Waals surface area contributed by atoms with Gasteiger partial charge in [0.2, 0.25) is 0 Å². The lowest BCUT2D eigenvalue weighted by Gasteiger charge is -2.27. The summed E-state index contributed by atoms with van der Waals surface area (Å²) in [6.45, 7) is 27.7. The first-order valence-corrected chi connectivity index (χ1v) is 21.9. The Labute approximate surface area is 375 Å². The van der Waals surface area contributed by atoms with Crippen molar-refractivity contribution in [2.75, 3.05) is 0 Å². The molecule has 0 radical (unpaired) electrons. The number of hydrogen-bond donors (Lipinski definition) is 0. The molecular formula is C61H67N. The normalized spacial score (nSPS) is 14.5. The average Bonchev–Trinajstić information content (AvgIpc) is 3.50. The van der Waals surface area contributed by atoms with Crippen LogP contribution < -0.4 is 0 Å². The molecule has 0 atom stereocenters. The van der Waals surface area contributed by atoms with Gasteiger partial charge in [-0.3, -0.25) is 0 Å². The number of allylic oxidation sites excluding steroid dienone is 26. The van der Waals surface area contributed by atoms with Crippen LogP contribution in [0.2, 0.25) is 0 Å². The first-order valence-electron chi connectivity index (χ1n) is 21.9. The number of aryl methyl sites for hydroxylation is 1. The summed E-state index contributed by atoms with van der Waals surface area (Å²) in [6.07, 6.45) is 48.6. The molecule has 0 heterocycles. The van der Waals surface area contributed by atoms with Crippen LogP contribution in [0.5, 0.6) is 0 Å². The molecule has 0 aromatic heterocycles. The van der Waals surface area contributed by atoms with Crippen molar-refractivity contribution in [2.45, 2.75) is 74.1 Å². The summed E-state index contributed by atoms with van der Waals surface area (Å²) in [7, 11) is 0. The zero-order chi connectivity index (χ0) is 44.7. The molecule has 1 aliphatic rings. The molecule has 0 saturated carbocycles. The molecule has 0 saturated heterocycles. The van der Waals surface area contributed by atoms with E-state index in [0.29, 0.717) is 0 Å². The highest BCUT2D eigenvalue weighted by atomic mass is 15.2. The summed E-state index contributed by atoms with van der Waals surface area (Å²) in [5.74, 6) is 0. The van der Waals surface area contributed by atoms with Gasteiger partial charge in [0.15, 0.2) is 0 Å². The Morgan fingerprint density at radius 2 is 1.55 bits per heavy atom. The third kappa shape index (κ3) is 14.5. The van der Waals surface area contributed by atoms with Gasteiger partial charge in [0, 0.05) is 17.1 Å². The standard InChI is InChI=1S/C61H67N/c1-11-16-18-20-23-30-57-41-43-59(46-61(57)56-28-24-21-25-29-56)53(26-13-3)36-32-48(7)49(8)33-44-60(15-5)62(50(9)27-22-19-17-12-2)51(10)34-37-52(14-4)54-38-39-55-35-31-47(6)45-58(55)42-40-54/h12-21,23-29,31-41,43-46H,2,8,10-11,22,30,42H2,1,3-7,9H3/b18-16-,19-17-,23-20-,26-13-,37-34-,44-33-,48-32+,50-27+,52-14+,53-36+,60-15+. The number of rotatable bonds is 20. The van der Waals surface area contributed by atoms with Crippen LogP contribution in [-0.4, -0.2) is 4.90 Å². The third-order valence-electron chi connectivity index (χ3n) is 10.7. The SMILES string of the molecule is C=C/C=C\C/C=C(\C)N(C(=C)/C=C\C(=C/C)C1=CCc2cc(C)ccc2C=C1)C(/C=C\C(=C)/C(C)=C/C=C(\C=C/C)c1ccc(C/C=C\C=C/CC)c(-c2ccccc2)c1)=C/C. The van der Waals surface area contributed by atoms with Crippen molar-refractivity contribution in [3.05, 3.63) is 275 Å². The van der Waals surface area contributed by atoms with E-state index in [1.165, 1.54) is 44.5 Å².